The van der Waals surface area contributed by atoms with Crippen LogP contribution in [0.2, 0.25) is 0 Å². The highest BCUT2D eigenvalue weighted by Gasteiger charge is 1.95. The van der Waals surface area contributed by atoms with Crippen molar-refractivity contribution >= 4 is 11.3 Å². The molecule has 0 atom stereocenters. The lowest BCUT2D eigenvalue weighted by atomic mass is 10.1. The number of hydrogen-bond donors (Lipinski definition) is 0. The number of aryl methyl sites for hydroxylation is 1. The minimum Gasteiger partial charge on any atom is -0.306 e. The number of unbranched alkanes of at least 4 members (excludes halogenated alkanes) is 5. The summed E-state index contributed by atoms with van der Waals surface area (Å²) in [6.45, 7) is 3.12. The second kappa shape index (κ2) is 6.82. The molecule has 0 radical (unpaired) electrons. The predicted octanol–water partition coefficient (Wildman–Crippen LogP) is 3.27. The zero-order valence-electron chi connectivity index (χ0n) is 8.87. The zero-order valence-corrected chi connectivity index (χ0v) is 9.68. The Labute approximate surface area is 89.6 Å². The van der Waals surface area contributed by atoms with Crippen LogP contribution in [0.5, 0.6) is 0 Å². The van der Waals surface area contributed by atoms with E-state index in [0.717, 1.165) is 13.0 Å². The molecule has 0 spiro atoms. The lowest BCUT2D eigenvalue weighted by Crippen LogP contribution is -2.11. The molecule has 0 amide bonds. The molecule has 0 aliphatic rings. The van der Waals surface area contributed by atoms with Gasteiger partial charge in [0, 0.05) is 18.1 Å². The van der Waals surface area contributed by atoms with Crippen molar-refractivity contribution in [2.75, 3.05) is 0 Å². The first-order chi connectivity index (χ1) is 6.84. The predicted molar refractivity (Wildman–Crippen MR) is 62.0 cm³/mol. The first kappa shape index (κ1) is 11.5. The van der Waals surface area contributed by atoms with Crippen LogP contribution in [0.15, 0.2) is 16.4 Å². The molecule has 0 aliphatic heterocycles. The van der Waals surface area contributed by atoms with E-state index in [0.29, 0.717) is 0 Å². The Morgan fingerprint density at radius 1 is 1.21 bits per heavy atom. The molecule has 0 aromatic carbocycles. The summed E-state index contributed by atoms with van der Waals surface area (Å²) in [7, 11) is 0. The van der Waals surface area contributed by atoms with Crippen LogP contribution in [0.25, 0.3) is 0 Å². The molecule has 1 aromatic heterocycles. The average molecular weight is 213 g/mol. The Bertz CT molecular complexity index is 289. The van der Waals surface area contributed by atoms with Crippen molar-refractivity contribution in [2.24, 2.45) is 0 Å². The Morgan fingerprint density at radius 2 is 1.93 bits per heavy atom. The van der Waals surface area contributed by atoms with E-state index in [2.05, 4.69) is 6.92 Å². The summed E-state index contributed by atoms with van der Waals surface area (Å²) in [5, 5.41) is 1.86. The zero-order chi connectivity index (χ0) is 10.2. The summed E-state index contributed by atoms with van der Waals surface area (Å²) >= 11 is 1.28. The van der Waals surface area contributed by atoms with Crippen LogP contribution in [0, 0.1) is 0 Å². The summed E-state index contributed by atoms with van der Waals surface area (Å²) in [6.07, 6.45) is 9.58. The Hall–Kier alpha value is -0.570. The number of rotatable bonds is 7. The fourth-order valence-corrected chi connectivity index (χ4v) is 2.13. The van der Waals surface area contributed by atoms with Gasteiger partial charge in [-0.05, 0) is 6.42 Å². The molecule has 14 heavy (non-hydrogen) atoms. The van der Waals surface area contributed by atoms with E-state index in [1.807, 2.05) is 16.1 Å². The lowest BCUT2D eigenvalue weighted by molar-refractivity contribution is 0.554. The van der Waals surface area contributed by atoms with Gasteiger partial charge in [-0.2, -0.15) is 0 Å². The standard InChI is InChI=1S/C11H19NOS/c1-2-3-4-5-6-7-8-12-9-10-14-11(12)13/h9-10H,2-8H2,1H3. The molecule has 3 heteroatoms. The smallest absolute Gasteiger partial charge is 0.306 e. The number of hydrogen-bond acceptors (Lipinski definition) is 2. The molecule has 0 N–H and O–H groups in total. The van der Waals surface area contributed by atoms with Gasteiger partial charge in [0.15, 0.2) is 0 Å². The summed E-state index contributed by atoms with van der Waals surface area (Å²) in [5.74, 6) is 0. The van der Waals surface area contributed by atoms with Gasteiger partial charge in [-0.15, -0.1) is 0 Å². The topological polar surface area (TPSA) is 22.0 Å². The van der Waals surface area contributed by atoms with Crippen molar-refractivity contribution in [2.45, 2.75) is 52.0 Å². The minimum absolute atomic E-state index is 0.179. The second-order valence-electron chi connectivity index (χ2n) is 3.63. The van der Waals surface area contributed by atoms with Crippen molar-refractivity contribution in [1.82, 2.24) is 4.57 Å². The molecule has 0 fully saturated rings. The van der Waals surface area contributed by atoms with Crippen LogP contribution in [-0.4, -0.2) is 4.57 Å². The molecule has 0 aliphatic carbocycles. The van der Waals surface area contributed by atoms with Crippen LogP contribution in [0.4, 0.5) is 0 Å². The first-order valence-corrected chi connectivity index (χ1v) is 6.36. The van der Waals surface area contributed by atoms with Gasteiger partial charge >= 0.3 is 4.87 Å². The fraction of sp³-hybridized carbons (Fsp3) is 0.727. The molecule has 0 bridgehead atoms. The Kier molecular flexibility index (Phi) is 5.60. The highest BCUT2D eigenvalue weighted by atomic mass is 32.1. The van der Waals surface area contributed by atoms with E-state index in [-0.39, 0.29) is 4.87 Å². The molecule has 1 rings (SSSR count). The van der Waals surface area contributed by atoms with E-state index in [4.69, 9.17) is 0 Å². The summed E-state index contributed by atoms with van der Waals surface area (Å²) in [4.78, 5) is 11.3. The Morgan fingerprint density at radius 3 is 2.57 bits per heavy atom. The fourth-order valence-electron chi connectivity index (χ4n) is 1.52. The maximum Gasteiger partial charge on any atom is 0.307 e. The van der Waals surface area contributed by atoms with Crippen LogP contribution in [0.3, 0.4) is 0 Å². The average Bonchev–Trinajstić information content (AvgIpc) is 2.58. The van der Waals surface area contributed by atoms with Crippen molar-refractivity contribution in [3.8, 4) is 0 Å². The monoisotopic (exact) mass is 213 g/mol. The molecule has 0 unspecified atom stereocenters. The second-order valence-corrected chi connectivity index (χ2v) is 4.49. The van der Waals surface area contributed by atoms with Gasteiger partial charge in [0.25, 0.3) is 0 Å². The van der Waals surface area contributed by atoms with Crippen molar-refractivity contribution in [3.05, 3.63) is 21.2 Å². The number of nitrogens with zero attached hydrogens (tertiary/aromatic N) is 1. The molecule has 0 saturated carbocycles. The van der Waals surface area contributed by atoms with Crippen LogP contribution in [0.1, 0.15) is 45.4 Å². The molecular formula is C11H19NOS. The first-order valence-electron chi connectivity index (χ1n) is 5.48. The lowest BCUT2D eigenvalue weighted by Gasteiger charge is -2.01. The van der Waals surface area contributed by atoms with E-state index >= 15 is 0 Å². The summed E-state index contributed by atoms with van der Waals surface area (Å²) < 4.78 is 1.81. The molecule has 0 saturated heterocycles. The highest BCUT2D eigenvalue weighted by molar-refractivity contribution is 7.07. The SMILES string of the molecule is CCCCCCCCn1ccsc1=O. The summed E-state index contributed by atoms with van der Waals surface area (Å²) in [6, 6.07) is 0. The van der Waals surface area contributed by atoms with E-state index in [1.54, 1.807) is 0 Å². The third kappa shape index (κ3) is 4.09. The molecule has 2 nitrogen and oxygen atoms in total. The normalized spacial score (nSPS) is 10.6. The van der Waals surface area contributed by atoms with E-state index in [9.17, 15) is 4.79 Å². The van der Waals surface area contributed by atoms with Crippen molar-refractivity contribution in [1.29, 1.82) is 0 Å². The maximum atomic E-state index is 11.2. The van der Waals surface area contributed by atoms with Gasteiger partial charge in [-0.25, -0.2) is 0 Å². The Balaban J connectivity index is 2.05. The molecule has 1 aromatic rings. The third-order valence-electron chi connectivity index (χ3n) is 2.40. The van der Waals surface area contributed by atoms with Crippen molar-refractivity contribution < 1.29 is 0 Å². The molecule has 1 heterocycles. The number of thiazole rings is 1. The quantitative estimate of drug-likeness (QED) is 0.637. The maximum absolute atomic E-state index is 11.2. The van der Waals surface area contributed by atoms with E-state index < -0.39 is 0 Å². The highest BCUT2D eigenvalue weighted by Crippen LogP contribution is 2.05. The minimum atomic E-state index is 0.179. The van der Waals surface area contributed by atoms with Gasteiger partial charge in [0.2, 0.25) is 0 Å². The molecule has 80 valence electrons. The van der Waals surface area contributed by atoms with Gasteiger partial charge in [0.05, 0.1) is 0 Å². The van der Waals surface area contributed by atoms with Gasteiger partial charge in [0.1, 0.15) is 0 Å². The largest absolute Gasteiger partial charge is 0.307 e. The van der Waals surface area contributed by atoms with Gasteiger partial charge in [-0.3, -0.25) is 4.79 Å². The van der Waals surface area contributed by atoms with Gasteiger partial charge in [-0.1, -0.05) is 50.4 Å². The number of aromatic nitrogens is 1. The van der Waals surface area contributed by atoms with Crippen LogP contribution < -0.4 is 4.87 Å². The third-order valence-corrected chi connectivity index (χ3v) is 3.09. The van der Waals surface area contributed by atoms with E-state index in [1.165, 1.54) is 43.4 Å². The van der Waals surface area contributed by atoms with Crippen LogP contribution >= 0.6 is 11.3 Å². The summed E-state index contributed by atoms with van der Waals surface area (Å²) in [5.41, 5.74) is 0. The van der Waals surface area contributed by atoms with Crippen LogP contribution in [-0.2, 0) is 6.54 Å². The van der Waals surface area contributed by atoms with Gasteiger partial charge < -0.3 is 4.57 Å². The molecular weight excluding hydrogens is 194 g/mol. The van der Waals surface area contributed by atoms with Crippen molar-refractivity contribution in [3.63, 3.8) is 0 Å².